The lowest BCUT2D eigenvalue weighted by Crippen LogP contribution is -2.42. The molecule has 3 aromatic rings. The zero-order valence-electron chi connectivity index (χ0n) is 15.6. The smallest absolute Gasteiger partial charge is 0.332 e. The average molecular weight is 391 g/mol. The lowest BCUT2D eigenvalue weighted by molar-refractivity contribution is 0.103. The normalized spacial score (nSPS) is 17.2. The van der Waals surface area contributed by atoms with Crippen LogP contribution >= 0.6 is 11.3 Å². The van der Waals surface area contributed by atoms with Gasteiger partial charge in [-0.15, -0.1) is 11.3 Å². The number of allylic oxidation sites excluding steroid dienone is 1. The maximum Gasteiger partial charge on any atom is 0.332 e. The van der Waals surface area contributed by atoms with Crippen molar-refractivity contribution in [1.29, 1.82) is 0 Å². The molecule has 1 N–H and O–H groups in total. The molecule has 3 heterocycles. The van der Waals surface area contributed by atoms with Crippen LogP contribution in [0.25, 0.3) is 5.70 Å². The molecule has 0 amide bonds. The minimum Gasteiger partial charge on any atom is -0.340 e. The highest BCUT2D eigenvalue weighted by Gasteiger charge is 2.42. The summed E-state index contributed by atoms with van der Waals surface area (Å²) >= 11 is 1.58. The molecule has 1 aliphatic heterocycles. The molecular weight excluding hydrogens is 374 g/mol. The van der Waals surface area contributed by atoms with Crippen molar-refractivity contribution in [3.63, 3.8) is 0 Å². The fraction of sp³-hybridized carbons (Fsp3) is 0.190. The summed E-state index contributed by atoms with van der Waals surface area (Å²) in [6.45, 7) is 2.00. The first-order valence-electron chi connectivity index (χ1n) is 8.90. The number of fused-ring (bicyclic) bond motifs is 3. The number of hydrogen-bond donors (Lipinski definition) is 1. The maximum atomic E-state index is 13.3. The van der Waals surface area contributed by atoms with Crippen LogP contribution in [0.15, 0.2) is 50.9 Å². The Morgan fingerprint density at radius 2 is 1.75 bits per heavy atom. The summed E-state index contributed by atoms with van der Waals surface area (Å²) < 4.78 is 2.54. The largest absolute Gasteiger partial charge is 0.340 e. The van der Waals surface area contributed by atoms with Crippen LogP contribution in [0.4, 0.5) is 5.82 Å². The third-order valence-electron chi connectivity index (χ3n) is 5.56. The SMILES string of the molecule is Cc1cc(C2C3=C(Nc4c2c(=O)n(C)c(=O)n4C)c2ccccc2C3=O)cs1. The van der Waals surface area contributed by atoms with E-state index in [2.05, 4.69) is 5.32 Å². The predicted octanol–water partition coefficient (Wildman–Crippen LogP) is 2.62. The number of ketones is 1. The van der Waals surface area contributed by atoms with Gasteiger partial charge in [0.15, 0.2) is 5.78 Å². The maximum absolute atomic E-state index is 13.3. The van der Waals surface area contributed by atoms with E-state index >= 15 is 0 Å². The van der Waals surface area contributed by atoms with E-state index in [9.17, 15) is 14.4 Å². The number of rotatable bonds is 1. The second-order valence-electron chi connectivity index (χ2n) is 7.18. The van der Waals surface area contributed by atoms with E-state index in [0.717, 1.165) is 20.6 Å². The summed E-state index contributed by atoms with van der Waals surface area (Å²) in [7, 11) is 3.10. The quantitative estimate of drug-likeness (QED) is 0.692. The highest BCUT2D eigenvalue weighted by molar-refractivity contribution is 7.10. The molecule has 2 aromatic heterocycles. The van der Waals surface area contributed by atoms with Crippen LogP contribution in [0.2, 0.25) is 0 Å². The van der Waals surface area contributed by atoms with Crippen molar-refractivity contribution in [2.45, 2.75) is 12.8 Å². The number of aryl methyl sites for hydroxylation is 1. The van der Waals surface area contributed by atoms with Crippen molar-refractivity contribution in [3.8, 4) is 0 Å². The number of carbonyl (C=O) groups is 1. The first-order valence-corrected chi connectivity index (χ1v) is 9.78. The lowest BCUT2D eigenvalue weighted by atomic mass is 9.82. The van der Waals surface area contributed by atoms with E-state index in [-0.39, 0.29) is 11.3 Å². The van der Waals surface area contributed by atoms with Crippen LogP contribution in [0.1, 0.15) is 37.8 Å². The highest BCUT2D eigenvalue weighted by atomic mass is 32.1. The van der Waals surface area contributed by atoms with Crippen LogP contribution in [-0.2, 0) is 14.1 Å². The van der Waals surface area contributed by atoms with Gasteiger partial charge in [-0.05, 0) is 23.9 Å². The molecule has 1 aliphatic carbocycles. The summed E-state index contributed by atoms with van der Waals surface area (Å²) in [5, 5.41) is 5.23. The first-order chi connectivity index (χ1) is 13.4. The molecule has 0 saturated carbocycles. The van der Waals surface area contributed by atoms with E-state index in [4.69, 9.17) is 0 Å². The lowest BCUT2D eigenvalue weighted by Gasteiger charge is -2.29. The number of nitrogens with zero attached hydrogens (tertiary/aromatic N) is 2. The molecule has 0 saturated heterocycles. The fourth-order valence-corrected chi connectivity index (χ4v) is 4.94. The second kappa shape index (κ2) is 5.65. The number of thiophene rings is 1. The number of nitrogens with one attached hydrogen (secondary N) is 1. The molecule has 0 spiro atoms. The summed E-state index contributed by atoms with van der Waals surface area (Å²) in [6, 6.07) is 9.42. The average Bonchev–Trinajstić information content (AvgIpc) is 3.25. The number of anilines is 1. The van der Waals surface area contributed by atoms with E-state index in [1.54, 1.807) is 24.5 Å². The van der Waals surface area contributed by atoms with Crippen LogP contribution in [0.3, 0.4) is 0 Å². The number of hydrogen-bond acceptors (Lipinski definition) is 5. The van der Waals surface area contributed by atoms with E-state index in [1.807, 2.05) is 36.6 Å². The van der Waals surface area contributed by atoms with Gasteiger partial charge in [0.1, 0.15) is 5.82 Å². The van der Waals surface area contributed by atoms with Crippen LogP contribution in [0.5, 0.6) is 0 Å². The van der Waals surface area contributed by atoms with Crippen molar-refractivity contribution in [2.75, 3.05) is 5.32 Å². The highest BCUT2D eigenvalue weighted by Crippen LogP contribution is 2.48. The van der Waals surface area contributed by atoms with Crippen LogP contribution < -0.4 is 16.6 Å². The zero-order valence-corrected chi connectivity index (χ0v) is 16.4. The Kier molecular flexibility index (Phi) is 3.42. The summed E-state index contributed by atoms with van der Waals surface area (Å²) in [6.07, 6.45) is 0. The van der Waals surface area contributed by atoms with Crippen LogP contribution in [0, 0.1) is 6.92 Å². The van der Waals surface area contributed by atoms with Crippen molar-refractivity contribution >= 4 is 28.6 Å². The monoisotopic (exact) mass is 391 g/mol. The number of Topliss-reactive ketones (excluding diaryl/α,β-unsaturated/α-hetero) is 1. The predicted molar refractivity (Wildman–Crippen MR) is 109 cm³/mol. The van der Waals surface area contributed by atoms with Crippen molar-refractivity contribution in [2.24, 2.45) is 14.1 Å². The van der Waals surface area contributed by atoms with E-state index in [1.165, 1.54) is 11.6 Å². The Morgan fingerprint density at radius 1 is 1.04 bits per heavy atom. The minimum absolute atomic E-state index is 0.0755. The topological polar surface area (TPSA) is 73.1 Å². The standard InChI is InChI=1S/C21H17N3O3S/c1-10-8-11(9-28-10)14-15-17(12-6-4-5-7-13(12)18(15)25)22-19-16(14)20(26)24(3)21(27)23(19)2/h4-9,14,22H,1-3H3. The first kappa shape index (κ1) is 16.9. The Balaban J connectivity index is 1.90. The van der Waals surface area contributed by atoms with E-state index < -0.39 is 11.6 Å². The summed E-state index contributed by atoms with van der Waals surface area (Å²) in [4.78, 5) is 40.0. The zero-order chi connectivity index (χ0) is 19.7. The number of carbonyl (C=O) groups excluding carboxylic acids is 1. The molecule has 1 atom stereocenters. The van der Waals surface area contributed by atoms with Gasteiger partial charge < -0.3 is 5.32 Å². The molecule has 1 aromatic carbocycles. The van der Waals surface area contributed by atoms with Crippen LogP contribution in [-0.4, -0.2) is 14.9 Å². The molecule has 1 unspecified atom stereocenters. The Morgan fingerprint density at radius 3 is 2.43 bits per heavy atom. The van der Waals surface area contributed by atoms with Gasteiger partial charge in [0.05, 0.1) is 11.3 Å². The fourth-order valence-electron chi connectivity index (χ4n) is 4.21. The summed E-state index contributed by atoms with van der Waals surface area (Å²) in [5.74, 6) is -0.139. The molecule has 0 bridgehead atoms. The van der Waals surface area contributed by atoms with Gasteiger partial charge in [0.2, 0.25) is 0 Å². The Labute approximate surface area is 164 Å². The molecule has 2 aliphatic rings. The molecule has 6 nitrogen and oxygen atoms in total. The minimum atomic E-state index is -0.512. The van der Waals surface area contributed by atoms with Crippen molar-refractivity contribution in [1.82, 2.24) is 9.13 Å². The van der Waals surface area contributed by atoms with Gasteiger partial charge in [0.25, 0.3) is 5.56 Å². The molecule has 7 heteroatoms. The van der Waals surface area contributed by atoms with Gasteiger partial charge >= 0.3 is 5.69 Å². The molecule has 140 valence electrons. The molecule has 0 fully saturated rings. The Bertz CT molecular complexity index is 1340. The number of benzene rings is 1. The van der Waals surface area contributed by atoms with E-state index in [0.29, 0.717) is 28.2 Å². The van der Waals surface area contributed by atoms with Gasteiger partial charge in [-0.3, -0.25) is 18.7 Å². The van der Waals surface area contributed by atoms with Gasteiger partial charge in [0, 0.05) is 41.6 Å². The van der Waals surface area contributed by atoms with Crippen molar-refractivity contribution < 1.29 is 4.79 Å². The van der Waals surface area contributed by atoms with Crippen molar-refractivity contribution in [3.05, 3.63) is 89.3 Å². The molecule has 5 rings (SSSR count). The Hall–Kier alpha value is -3.19. The molecular formula is C21H17N3O3S. The third kappa shape index (κ3) is 2.05. The molecule has 28 heavy (non-hydrogen) atoms. The third-order valence-corrected chi connectivity index (χ3v) is 6.44. The molecule has 0 radical (unpaired) electrons. The second-order valence-corrected chi connectivity index (χ2v) is 8.30. The van der Waals surface area contributed by atoms with Gasteiger partial charge in [-0.25, -0.2) is 4.79 Å². The van der Waals surface area contributed by atoms with Gasteiger partial charge in [-0.1, -0.05) is 24.3 Å². The van der Waals surface area contributed by atoms with Gasteiger partial charge in [-0.2, -0.15) is 0 Å². The number of aromatic nitrogens is 2. The summed E-state index contributed by atoms with van der Waals surface area (Å²) in [5.41, 5.74) is 3.22.